The third-order valence-electron chi connectivity index (χ3n) is 4.94. The van der Waals surface area contributed by atoms with E-state index in [9.17, 15) is 0 Å². The number of nitrogens with two attached hydrogens (primary N) is 1. The lowest BCUT2D eigenvalue weighted by Crippen LogP contribution is -2.40. The zero-order valence-electron chi connectivity index (χ0n) is 12.9. The number of piperidine rings is 1. The summed E-state index contributed by atoms with van der Waals surface area (Å²) in [6.45, 7) is 6.87. The molecule has 0 bridgehead atoms. The fourth-order valence-corrected chi connectivity index (χ4v) is 3.70. The number of likely N-dealkylation sites (tertiary alicyclic amines) is 1. The molecule has 21 heavy (non-hydrogen) atoms. The molecular weight excluding hydrogens is 260 g/mol. The van der Waals surface area contributed by atoms with Crippen LogP contribution in [0.1, 0.15) is 36.8 Å². The minimum atomic E-state index is 0.159. The highest BCUT2D eigenvalue weighted by molar-refractivity contribution is 5.96. The third kappa shape index (κ3) is 3.05. The molecule has 0 aromatic heterocycles. The molecule has 2 heterocycles. The zero-order chi connectivity index (χ0) is 14.8. The van der Waals surface area contributed by atoms with Crippen molar-refractivity contribution in [2.24, 2.45) is 5.73 Å². The van der Waals surface area contributed by atoms with Gasteiger partial charge in [0.2, 0.25) is 0 Å². The van der Waals surface area contributed by atoms with Crippen LogP contribution < -0.4 is 10.6 Å². The van der Waals surface area contributed by atoms with Crippen molar-refractivity contribution in [1.82, 2.24) is 4.90 Å². The molecule has 0 saturated carbocycles. The number of rotatable bonds is 3. The van der Waals surface area contributed by atoms with Crippen LogP contribution in [-0.2, 0) is 0 Å². The second kappa shape index (κ2) is 6.06. The predicted octanol–water partition coefficient (Wildman–Crippen LogP) is 2.34. The Morgan fingerprint density at radius 2 is 1.95 bits per heavy atom. The van der Waals surface area contributed by atoms with E-state index in [0.717, 1.165) is 30.3 Å². The smallest absolute Gasteiger partial charge is 0.123 e. The number of hydrogen-bond donors (Lipinski definition) is 2. The summed E-state index contributed by atoms with van der Waals surface area (Å²) in [5.74, 6) is 0.159. The molecule has 1 unspecified atom stereocenters. The summed E-state index contributed by atoms with van der Waals surface area (Å²) in [6.07, 6.45) is 5.40. The van der Waals surface area contributed by atoms with Crippen LogP contribution in [0.5, 0.6) is 0 Å². The van der Waals surface area contributed by atoms with Crippen LogP contribution in [0.3, 0.4) is 0 Å². The van der Waals surface area contributed by atoms with E-state index in [-0.39, 0.29) is 5.84 Å². The van der Waals surface area contributed by atoms with Gasteiger partial charge in [0.15, 0.2) is 0 Å². The molecule has 2 aliphatic heterocycles. The molecule has 0 radical (unpaired) electrons. The van der Waals surface area contributed by atoms with Crippen LogP contribution in [0.15, 0.2) is 18.2 Å². The third-order valence-corrected chi connectivity index (χ3v) is 4.94. The summed E-state index contributed by atoms with van der Waals surface area (Å²) in [7, 11) is 0. The molecule has 114 valence electrons. The van der Waals surface area contributed by atoms with E-state index in [1.54, 1.807) is 0 Å². The van der Waals surface area contributed by atoms with E-state index < -0.39 is 0 Å². The Balaban J connectivity index is 1.68. The van der Waals surface area contributed by atoms with E-state index in [2.05, 4.69) is 21.9 Å². The van der Waals surface area contributed by atoms with Gasteiger partial charge in [0.25, 0.3) is 0 Å². The topological polar surface area (TPSA) is 56.4 Å². The van der Waals surface area contributed by atoms with Crippen molar-refractivity contribution < 1.29 is 0 Å². The van der Waals surface area contributed by atoms with Crippen molar-refractivity contribution in [3.8, 4) is 0 Å². The second-order valence-corrected chi connectivity index (χ2v) is 6.40. The average molecular weight is 286 g/mol. The van der Waals surface area contributed by atoms with Gasteiger partial charge in [-0.05, 0) is 63.0 Å². The number of nitrogens with zero attached hydrogens (tertiary/aromatic N) is 2. The molecule has 1 aromatic carbocycles. The fraction of sp³-hybridized carbons (Fsp3) is 0.588. The summed E-state index contributed by atoms with van der Waals surface area (Å²) in [5, 5.41) is 7.58. The first kappa shape index (κ1) is 14.4. The van der Waals surface area contributed by atoms with Crippen molar-refractivity contribution in [3.63, 3.8) is 0 Å². The Morgan fingerprint density at radius 3 is 2.62 bits per heavy atom. The lowest BCUT2D eigenvalue weighted by molar-refractivity contribution is 0.175. The van der Waals surface area contributed by atoms with Crippen LogP contribution in [0.2, 0.25) is 0 Å². The summed E-state index contributed by atoms with van der Waals surface area (Å²) >= 11 is 0. The summed E-state index contributed by atoms with van der Waals surface area (Å²) < 4.78 is 0. The molecule has 2 fully saturated rings. The number of benzene rings is 1. The molecule has 3 N–H and O–H groups in total. The van der Waals surface area contributed by atoms with Gasteiger partial charge in [0, 0.05) is 30.4 Å². The first-order chi connectivity index (χ1) is 10.1. The molecule has 0 amide bonds. The first-order valence-corrected chi connectivity index (χ1v) is 8.09. The average Bonchev–Trinajstić information content (AvgIpc) is 2.97. The van der Waals surface area contributed by atoms with Gasteiger partial charge in [-0.3, -0.25) is 10.3 Å². The minimum Gasteiger partial charge on any atom is -0.384 e. The molecule has 2 saturated heterocycles. The molecule has 3 rings (SSSR count). The van der Waals surface area contributed by atoms with Crippen molar-refractivity contribution >= 4 is 11.5 Å². The largest absolute Gasteiger partial charge is 0.384 e. The summed E-state index contributed by atoms with van der Waals surface area (Å²) in [4.78, 5) is 5.16. The maximum absolute atomic E-state index is 7.58. The number of amidine groups is 1. The Hall–Kier alpha value is -1.55. The van der Waals surface area contributed by atoms with Gasteiger partial charge in [-0.15, -0.1) is 0 Å². The Labute approximate surface area is 127 Å². The Bertz CT molecular complexity index is 520. The van der Waals surface area contributed by atoms with Crippen molar-refractivity contribution in [2.75, 3.05) is 31.1 Å². The number of anilines is 1. The molecule has 1 atom stereocenters. The molecule has 0 aliphatic carbocycles. The SMILES string of the molecule is Cc1cc(N2CCC(N3CCCCC3)C2)ccc1C(=N)N. The van der Waals surface area contributed by atoms with E-state index >= 15 is 0 Å². The maximum atomic E-state index is 7.58. The van der Waals surface area contributed by atoms with Crippen LogP contribution in [0, 0.1) is 12.3 Å². The maximum Gasteiger partial charge on any atom is 0.123 e. The number of hydrogen-bond acceptors (Lipinski definition) is 3. The molecule has 4 nitrogen and oxygen atoms in total. The molecular formula is C17H26N4. The van der Waals surface area contributed by atoms with E-state index in [1.807, 2.05) is 13.0 Å². The lowest BCUT2D eigenvalue weighted by atomic mass is 10.1. The van der Waals surface area contributed by atoms with Gasteiger partial charge < -0.3 is 10.6 Å². The summed E-state index contributed by atoms with van der Waals surface area (Å²) in [5.41, 5.74) is 8.83. The number of nitrogen functional groups attached to an aromatic ring is 1. The molecule has 1 aromatic rings. The normalized spacial score (nSPS) is 23.5. The standard InChI is InChI=1S/C17H26N4/c1-13-11-14(5-6-16(13)17(18)19)21-10-7-15(12-21)20-8-3-2-4-9-20/h5-6,11,15H,2-4,7-10,12H2,1H3,(H3,18,19). The van der Waals surface area contributed by atoms with E-state index in [0.29, 0.717) is 0 Å². The van der Waals surface area contributed by atoms with E-state index in [1.165, 1.54) is 44.5 Å². The second-order valence-electron chi connectivity index (χ2n) is 6.40. The van der Waals surface area contributed by atoms with Crippen molar-refractivity contribution in [1.29, 1.82) is 5.41 Å². The lowest BCUT2D eigenvalue weighted by Gasteiger charge is -2.32. The Kier molecular flexibility index (Phi) is 4.15. The quantitative estimate of drug-likeness (QED) is 0.662. The van der Waals surface area contributed by atoms with Gasteiger partial charge >= 0.3 is 0 Å². The van der Waals surface area contributed by atoms with Gasteiger partial charge in [0.1, 0.15) is 5.84 Å². The highest BCUT2D eigenvalue weighted by Crippen LogP contribution is 2.26. The van der Waals surface area contributed by atoms with Crippen LogP contribution in [-0.4, -0.2) is 43.0 Å². The predicted molar refractivity (Wildman–Crippen MR) is 88.2 cm³/mol. The monoisotopic (exact) mass is 286 g/mol. The van der Waals surface area contributed by atoms with Gasteiger partial charge in [-0.1, -0.05) is 6.42 Å². The van der Waals surface area contributed by atoms with Gasteiger partial charge in [-0.2, -0.15) is 0 Å². The number of nitrogens with one attached hydrogen (secondary N) is 1. The van der Waals surface area contributed by atoms with Crippen molar-refractivity contribution in [2.45, 2.75) is 38.6 Å². The van der Waals surface area contributed by atoms with Gasteiger partial charge in [0.05, 0.1) is 0 Å². The minimum absolute atomic E-state index is 0.159. The van der Waals surface area contributed by atoms with Crippen LogP contribution in [0.4, 0.5) is 5.69 Å². The highest BCUT2D eigenvalue weighted by atomic mass is 15.3. The fourth-order valence-electron chi connectivity index (χ4n) is 3.70. The molecule has 2 aliphatic rings. The summed E-state index contributed by atoms with van der Waals surface area (Å²) in [6, 6.07) is 7.00. The van der Waals surface area contributed by atoms with Crippen LogP contribution in [0.25, 0.3) is 0 Å². The first-order valence-electron chi connectivity index (χ1n) is 8.09. The Morgan fingerprint density at radius 1 is 1.19 bits per heavy atom. The van der Waals surface area contributed by atoms with Crippen LogP contribution >= 0.6 is 0 Å². The highest BCUT2D eigenvalue weighted by Gasteiger charge is 2.28. The number of aryl methyl sites for hydroxylation is 1. The van der Waals surface area contributed by atoms with Crippen molar-refractivity contribution in [3.05, 3.63) is 29.3 Å². The van der Waals surface area contributed by atoms with Gasteiger partial charge in [-0.25, -0.2) is 0 Å². The zero-order valence-corrected chi connectivity index (χ0v) is 12.9. The van der Waals surface area contributed by atoms with E-state index in [4.69, 9.17) is 11.1 Å². The molecule has 4 heteroatoms. The molecule has 0 spiro atoms.